The second kappa shape index (κ2) is 13.2. The summed E-state index contributed by atoms with van der Waals surface area (Å²) in [6.07, 6.45) is 5.49. The van der Waals surface area contributed by atoms with Gasteiger partial charge in [0, 0.05) is 30.9 Å². The van der Waals surface area contributed by atoms with Gasteiger partial charge >= 0.3 is 11.9 Å². The average molecular weight is 579 g/mol. The van der Waals surface area contributed by atoms with Gasteiger partial charge in [0.15, 0.2) is 6.04 Å². The number of amides is 2. The monoisotopic (exact) mass is 578 g/mol. The summed E-state index contributed by atoms with van der Waals surface area (Å²) in [5.41, 5.74) is 1.83. The number of nitrogens with one attached hydrogen (secondary N) is 1. The third-order valence-corrected chi connectivity index (χ3v) is 7.05. The van der Waals surface area contributed by atoms with Gasteiger partial charge in [0.25, 0.3) is 5.91 Å². The molecule has 3 aromatic rings. The molecule has 0 saturated carbocycles. The second-order valence-corrected chi connectivity index (χ2v) is 10.5. The van der Waals surface area contributed by atoms with Crippen LogP contribution >= 0.6 is 0 Å². The highest BCUT2D eigenvalue weighted by Crippen LogP contribution is 2.23. The number of carbonyl (C=O) groups is 4. The van der Waals surface area contributed by atoms with Crippen LogP contribution in [-0.4, -0.2) is 86.6 Å². The molecular weight excluding hydrogens is 544 g/mol. The van der Waals surface area contributed by atoms with Crippen LogP contribution in [0, 0.1) is 5.92 Å². The van der Waals surface area contributed by atoms with Gasteiger partial charge in [-0.25, -0.2) is 14.3 Å². The van der Waals surface area contributed by atoms with Crippen molar-refractivity contribution in [3.05, 3.63) is 60.0 Å². The van der Waals surface area contributed by atoms with Gasteiger partial charge in [0.05, 0.1) is 26.0 Å². The molecule has 0 aliphatic carbocycles. The Labute approximate surface area is 242 Å². The molecule has 3 heterocycles. The fraction of sp³-hybridized carbons (Fsp3) is 0.414. The van der Waals surface area contributed by atoms with E-state index in [4.69, 9.17) is 9.47 Å². The van der Waals surface area contributed by atoms with Gasteiger partial charge in [0.2, 0.25) is 5.91 Å². The maximum absolute atomic E-state index is 13.1. The maximum Gasteiger partial charge on any atom is 0.331 e. The predicted octanol–water partition coefficient (Wildman–Crippen LogP) is 1.92. The van der Waals surface area contributed by atoms with E-state index in [-0.39, 0.29) is 29.6 Å². The third-order valence-electron chi connectivity index (χ3n) is 7.05. The van der Waals surface area contributed by atoms with Crippen LogP contribution in [0.3, 0.4) is 0 Å². The minimum atomic E-state index is -0.818. The van der Waals surface area contributed by atoms with Crippen molar-refractivity contribution < 1.29 is 33.8 Å². The van der Waals surface area contributed by atoms with Crippen molar-refractivity contribution in [2.24, 2.45) is 5.92 Å². The average Bonchev–Trinajstić information content (AvgIpc) is 3.62. The number of phenolic OH excluding ortho intramolecular Hbond substituents is 1. The number of hydrogen-bond acceptors (Lipinski definition) is 10. The zero-order valence-corrected chi connectivity index (χ0v) is 23.9. The number of nitrogens with zero attached hydrogens (tertiary/aromatic N) is 5. The number of benzene rings is 1. The van der Waals surface area contributed by atoms with Crippen LogP contribution in [0.15, 0.2) is 48.9 Å². The molecule has 1 saturated heterocycles. The number of hydrogen-bond donors (Lipinski definition) is 2. The Bertz CT molecular complexity index is 1440. The van der Waals surface area contributed by atoms with Crippen LogP contribution in [0.1, 0.15) is 48.7 Å². The second-order valence-electron chi connectivity index (χ2n) is 10.5. The molecule has 222 valence electrons. The molecule has 2 aromatic heterocycles. The summed E-state index contributed by atoms with van der Waals surface area (Å²) in [6.45, 7) is 4.24. The number of ether oxygens (including phenoxy) is 2. The highest BCUT2D eigenvalue weighted by Gasteiger charge is 2.40. The molecule has 0 unspecified atom stereocenters. The van der Waals surface area contributed by atoms with Crippen molar-refractivity contribution in [2.45, 2.75) is 51.2 Å². The number of esters is 2. The summed E-state index contributed by atoms with van der Waals surface area (Å²) in [5.74, 6) is -1.57. The molecule has 1 aromatic carbocycles. The van der Waals surface area contributed by atoms with E-state index in [0.29, 0.717) is 30.6 Å². The van der Waals surface area contributed by atoms with E-state index in [0.717, 1.165) is 5.56 Å². The number of aromatic hydroxyl groups is 1. The Morgan fingerprint density at radius 1 is 1.07 bits per heavy atom. The summed E-state index contributed by atoms with van der Waals surface area (Å²) < 4.78 is 11.2. The molecule has 1 aliphatic rings. The Hall–Kier alpha value is -4.81. The Morgan fingerprint density at radius 2 is 1.76 bits per heavy atom. The summed E-state index contributed by atoms with van der Waals surface area (Å²) >= 11 is 0. The summed E-state index contributed by atoms with van der Waals surface area (Å²) in [5, 5.41) is 20.6. The number of methoxy groups -OCH3 is 2. The number of rotatable bonds is 11. The molecule has 0 bridgehead atoms. The first kappa shape index (κ1) is 30.2. The molecule has 1 fully saturated rings. The minimum absolute atomic E-state index is 0.110. The molecule has 4 rings (SSSR count). The van der Waals surface area contributed by atoms with Crippen molar-refractivity contribution in [3.8, 4) is 17.0 Å². The fourth-order valence-corrected chi connectivity index (χ4v) is 4.86. The lowest BCUT2D eigenvalue weighted by Crippen LogP contribution is -2.48. The minimum Gasteiger partial charge on any atom is -0.508 e. The number of phenols is 1. The molecule has 13 heteroatoms. The highest BCUT2D eigenvalue weighted by molar-refractivity contribution is 5.99. The maximum atomic E-state index is 13.1. The van der Waals surface area contributed by atoms with Crippen molar-refractivity contribution in [3.63, 3.8) is 0 Å². The van der Waals surface area contributed by atoms with Crippen molar-refractivity contribution in [1.82, 2.24) is 30.2 Å². The van der Waals surface area contributed by atoms with E-state index in [1.807, 2.05) is 13.8 Å². The van der Waals surface area contributed by atoms with E-state index in [9.17, 15) is 24.3 Å². The van der Waals surface area contributed by atoms with Crippen LogP contribution in [0.5, 0.6) is 5.75 Å². The number of aromatic nitrogens is 4. The number of carbonyl (C=O) groups excluding carboxylic acids is 4. The van der Waals surface area contributed by atoms with Crippen LogP contribution in [0.4, 0.5) is 0 Å². The predicted molar refractivity (Wildman–Crippen MR) is 149 cm³/mol. The smallest absolute Gasteiger partial charge is 0.331 e. The molecule has 42 heavy (non-hydrogen) atoms. The Morgan fingerprint density at radius 3 is 2.43 bits per heavy atom. The molecule has 13 nitrogen and oxygen atoms in total. The SMILES string of the molecule is COC(=O)[C@@H](Cc1ccc(O)cc1)n1cc(-c2cncc(C(=O)N[C@@H]3CCN([C@@H](CC(C)C)C(=O)OC)C3=O)c2)nn1. The van der Waals surface area contributed by atoms with E-state index in [2.05, 4.69) is 20.6 Å². The van der Waals surface area contributed by atoms with Crippen molar-refractivity contribution >= 4 is 23.8 Å². The first-order chi connectivity index (χ1) is 20.1. The largest absolute Gasteiger partial charge is 0.508 e. The van der Waals surface area contributed by atoms with Crippen LogP contribution in [-0.2, 0) is 30.3 Å². The lowest BCUT2D eigenvalue weighted by Gasteiger charge is -2.27. The molecule has 0 radical (unpaired) electrons. The first-order valence-corrected chi connectivity index (χ1v) is 13.5. The topological polar surface area (TPSA) is 166 Å². The van der Waals surface area contributed by atoms with Crippen molar-refractivity contribution in [2.75, 3.05) is 20.8 Å². The summed E-state index contributed by atoms with van der Waals surface area (Å²) in [6, 6.07) is 5.70. The highest BCUT2D eigenvalue weighted by atomic mass is 16.5. The van der Waals surface area contributed by atoms with Gasteiger partial charge in [-0.2, -0.15) is 0 Å². The van der Waals surface area contributed by atoms with Gasteiger partial charge in [-0.3, -0.25) is 14.6 Å². The fourth-order valence-electron chi connectivity index (χ4n) is 4.86. The molecule has 2 N–H and O–H groups in total. The molecule has 0 spiro atoms. The van der Waals surface area contributed by atoms with Crippen LogP contribution in [0.25, 0.3) is 11.3 Å². The van der Waals surface area contributed by atoms with E-state index in [1.165, 1.54) is 48.3 Å². The van der Waals surface area contributed by atoms with E-state index < -0.39 is 36.0 Å². The third kappa shape index (κ3) is 6.90. The van der Waals surface area contributed by atoms with Gasteiger partial charge in [-0.1, -0.05) is 31.2 Å². The van der Waals surface area contributed by atoms with Crippen molar-refractivity contribution in [1.29, 1.82) is 0 Å². The lowest BCUT2D eigenvalue weighted by atomic mass is 10.0. The van der Waals surface area contributed by atoms with E-state index >= 15 is 0 Å². The molecular formula is C29H34N6O7. The zero-order valence-electron chi connectivity index (χ0n) is 23.9. The van der Waals surface area contributed by atoms with E-state index in [1.54, 1.807) is 24.4 Å². The summed E-state index contributed by atoms with van der Waals surface area (Å²) in [7, 11) is 2.57. The molecule has 2 amide bonds. The van der Waals surface area contributed by atoms with Gasteiger partial charge in [-0.05, 0) is 42.5 Å². The zero-order chi connectivity index (χ0) is 30.4. The van der Waals surface area contributed by atoms with Gasteiger partial charge < -0.3 is 24.8 Å². The first-order valence-electron chi connectivity index (χ1n) is 13.5. The quantitative estimate of drug-likeness (QED) is 0.321. The number of likely N-dealkylation sites (tertiary alicyclic amines) is 1. The number of pyridine rings is 1. The summed E-state index contributed by atoms with van der Waals surface area (Å²) in [4.78, 5) is 56.8. The van der Waals surface area contributed by atoms with Gasteiger partial charge in [-0.15, -0.1) is 5.10 Å². The lowest BCUT2D eigenvalue weighted by molar-refractivity contribution is -0.152. The Balaban J connectivity index is 1.47. The standard InChI is InChI=1S/C29H34N6O7/c1-17(2)11-24(28(39)41-3)34-10-9-22(27(34)38)31-26(37)20-13-19(14-30-15-20)23-16-35(33-32-23)25(29(40)42-4)12-18-5-7-21(36)8-6-18/h5-8,13-17,22,24-25,36H,9-12H2,1-4H3,(H,31,37)/t22-,24+,25-/m1/s1. The molecule has 3 atom stereocenters. The normalized spacial score (nSPS) is 16.3. The Kier molecular flexibility index (Phi) is 9.50. The van der Waals surface area contributed by atoms with Crippen LogP contribution in [0.2, 0.25) is 0 Å². The molecule has 1 aliphatic heterocycles. The van der Waals surface area contributed by atoms with Crippen LogP contribution < -0.4 is 5.32 Å². The van der Waals surface area contributed by atoms with Gasteiger partial charge in [0.1, 0.15) is 23.5 Å².